The molecule has 1 aromatic heterocycles. The zero-order valence-corrected chi connectivity index (χ0v) is 18.2. The zero-order chi connectivity index (χ0) is 21.6. The van der Waals surface area contributed by atoms with Crippen molar-refractivity contribution in [3.63, 3.8) is 0 Å². The average molecular weight is 415 g/mol. The van der Waals surface area contributed by atoms with Crippen LogP contribution >= 0.6 is 0 Å². The fraction of sp³-hybridized carbons (Fsp3) is 0.478. The predicted octanol–water partition coefficient (Wildman–Crippen LogP) is -0.426. The van der Waals surface area contributed by atoms with E-state index in [-0.39, 0.29) is 23.4 Å². The fourth-order valence-corrected chi connectivity index (χ4v) is 3.83. The van der Waals surface area contributed by atoms with Gasteiger partial charge in [0.1, 0.15) is 0 Å². The smallest absolute Gasteiger partial charge is 0.278 e. The molecule has 30 heavy (non-hydrogen) atoms. The molecule has 0 spiro atoms. The number of amides is 2. The van der Waals surface area contributed by atoms with Gasteiger partial charge in [-0.15, -0.1) is 0 Å². The number of hydrogen-bond donors (Lipinski definition) is 3. The van der Waals surface area contributed by atoms with Crippen LogP contribution in [0.1, 0.15) is 38.1 Å². The molecule has 1 aromatic carbocycles. The van der Waals surface area contributed by atoms with Gasteiger partial charge in [-0.1, -0.05) is 30.3 Å². The maximum absolute atomic E-state index is 12.8. The normalized spacial score (nSPS) is 16.3. The topological polar surface area (TPSA) is 83.6 Å². The largest absolute Gasteiger partial charge is 0.463 e. The van der Waals surface area contributed by atoms with Crippen molar-refractivity contribution < 1.29 is 24.2 Å². The van der Waals surface area contributed by atoms with E-state index in [9.17, 15) is 9.59 Å². The quantitative estimate of drug-likeness (QED) is 0.575. The van der Waals surface area contributed by atoms with Gasteiger partial charge in [-0.25, -0.2) is 0 Å². The molecule has 162 valence electrons. The number of nitrogens with one attached hydrogen (secondary N) is 2. The van der Waals surface area contributed by atoms with E-state index in [0.717, 1.165) is 24.4 Å². The van der Waals surface area contributed by atoms with Gasteiger partial charge in [0.05, 0.1) is 32.4 Å². The Morgan fingerprint density at radius 1 is 1.13 bits per heavy atom. The number of nitrogens with two attached hydrogens (primary N) is 1. The van der Waals surface area contributed by atoms with E-state index in [0.29, 0.717) is 26.2 Å². The maximum atomic E-state index is 12.8. The first kappa shape index (κ1) is 22.1. The molecule has 1 saturated heterocycles. The minimum absolute atomic E-state index is 0.0434. The molecule has 1 atom stereocenters. The molecule has 3 rings (SSSR count). The van der Waals surface area contributed by atoms with Gasteiger partial charge < -0.3 is 24.9 Å². The summed E-state index contributed by atoms with van der Waals surface area (Å²) in [7, 11) is 0. The number of hydrogen-bond acceptors (Lipinski definition) is 3. The second-order valence-electron chi connectivity index (χ2n) is 8.95. The van der Waals surface area contributed by atoms with E-state index < -0.39 is 0 Å². The lowest BCUT2D eigenvalue weighted by atomic mass is 10.0. The third-order valence-corrected chi connectivity index (χ3v) is 5.28. The number of quaternary nitrogens is 2. The van der Waals surface area contributed by atoms with Crippen LogP contribution in [0.2, 0.25) is 0 Å². The van der Waals surface area contributed by atoms with E-state index in [4.69, 9.17) is 4.42 Å². The highest BCUT2D eigenvalue weighted by Gasteiger charge is 2.28. The van der Waals surface area contributed by atoms with Crippen molar-refractivity contribution in [2.45, 2.75) is 32.4 Å². The van der Waals surface area contributed by atoms with Crippen LogP contribution in [0.4, 0.5) is 0 Å². The molecule has 1 fully saturated rings. The summed E-state index contributed by atoms with van der Waals surface area (Å²) in [6, 6.07) is 13.9. The van der Waals surface area contributed by atoms with E-state index in [2.05, 4.69) is 17.4 Å². The van der Waals surface area contributed by atoms with Crippen molar-refractivity contribution >= 4 is 11.8 Å². The van der Waals surface area contributed by atoms with Crippen LogP contribution in [-0.2, 0) is 9.59 Å². The second-order valence-corrected chi connectivity index (χ2v) is 8.95. The van der Waals surface area contributed by atoms with Gasteiger partial charge in [0, 0.05) is 11.1 Å². The molecule has 1 aliphatic rings. The summed E-state index contributed by atoms with van der Waals surface area (Å²) in [5, 5.41) is 5.04. The molecular weight excluding hydrogens is 380 g/mol. The molecular formula is C23H34N4O3+2. The van der Waals surface area contributed by atoms with Gasteiger partial charge in [-0.05, 0) is 32.9 Å². The van der Waals surface area contributed by atoms with Gasteiger partial charge in [-0.2, -0.15) is 0 Å². The molecule has 7 heteroatoms. The second kappa shape index (κ2) is 9.91. The summed E-state index contributed by atoms with van der Waals surface area (Å²) in [6.45, 7) is 9.73. The number of furan rings is 1. The number of rotatable bonds is 7. The maximum Gasteiger partial charge on any atom is 0.278 e. The van der Waals surface area contributed by atoms with Crippen LogP contribution in [-0.4, -0.2) is 61.5 Å². The summed E-state index contributed by atoms with van der Waals surface area (Å²) in [4.78, 5) is 28.1. The predicted molar refractivity (Wildman–Crippen MR) is 114 cm³/mol. The van der Waals surface area contributed by atoms with Crippen molar-refractivity contribution in [1.29, 1.82) is 0 Å². The SMILES string of the molecule is CC(C)(C)NC(=O)C[NH+]1CCN(C(=O)C[NH2+][C@@H](c2ccccc2)c2ccco2)CC1. The summed E-state index contributed by atoms with van der Waals surface area (Å²) >= 11 is 0. The Morgan fingerprint density at radius 2 is 1.83 bits per heavy atom. The molecule has 0 saturated carbocycles. The molecule has 7 nitrogen and oxygen atoms in total. The highest BCUT2D eigenvalue weighted by atomic mass is 16.3. The van der Waals surface area contributed by atoms with E-state index in [1.807, 2.05) is 61.3 Å². The van der Waals surface area contributed by atoms with E-state index >= 15 is 0 Å². The molecule has 0 bridgehead atoms. The van der Waals surface area contributed by atoms with Crippen molar-refractivity contribution in [3.8, 4) is 0 Å². The standard InChI is InChI=1S/C23H32N4O3/c1-23(2,3)25-20(28)17-26-11-13-27(14-12-26)21(29)16-24-22(19-10-7-15-30-19)18-8-5-4-6-9-18/h4-10,15,22,24H,11-14,16-17H2,1-3H3,(H,25,28)/p+2/t22-/m0/s1. The summed E-state index contributed by atoms with van der Waals surface area (Å²) < 4.78 is 5.62. The summed E-state index contributed by atoms with van der Waals surface area (Å²) in [5.41, 5.74) is 0.896. The van der Waals surface area contributed by atoms with Gasteiger partial charge in [0.25, 0.3) is 11.8 Å². The lowest BCUT2D eigenvalue weighted by Gasteiger charge is -2.32. The van der Waals surface area contributed by atoms with Crippen LogP contribution in [0.5, 0.6) is 0 Å². The average Bonchev–Trinajstić information content (AvgIpc) is 3.22. The third-order valence-electron chi connectivity index (χ3n) is 5.28. The molecule has 4 N–H and O–H groups in total. The van der Waals surface area contributed by atoms with Crippen LogP contribution < -0.4 is 15.5 Å². The Hall–Kier alpha value is -2.64. The first-order valence-corrected chi connectivity index (χ1v) is 10.7. The lowest BCUT2D eigenvalue weighted by Crippen LogP contribution is -3.16. The zero-order valence-electron chi connectivity index (χ0n) is 18.2. The van der Waals surface area contributed by atoms with E-state index in [1.165, 1.54) is 4.90 Å². The summed E-state index contributed by atoms with van der Waals surface area (Å²) in [5.74, 6) is 1.03. The first-order chi connectivity index (χ1) is 14.3. The number of carbonyl (C=O) groups excluding carboxylic acids is 2. The third kappa shape index (κ3) is 6.43. The van der Waals surface area contributed by atoms with Crippen molar-refractivity contribution in [1.82, 2.24) is 10.2 Å². The fourth-order valence-electron chi connectivity index (χ4n) is 3.83. The Kier molecular flexibility index (Phi) is 7.29. The molecule has 2 aromatic rings. The van der Waals surface area contributed by atoms with Crippen molar-refractivity contribution in [2.24, 2.45) is 0 Å². The number of piperazine rings is 1. The lowest BCUT2D eigenvalue weighted by molar-refractivity contribution is -0.896. The minimum atomic E-state index is -0.215. The molecule has 0 unspecified atom stereocenters. The van der Waals surface area contributed by atoms with Crippen LogP contribution in [0.25, 0.3) is 0 Å². The van der Waals surface area contributed by atoms with Gasteiger partial charge >= 0.3 is 0 Å². The molecule has 1 aliphatic heterocycles. The molecule has 0 aliphatic carbocycles. The van der Waals surface area contributed by atoms with Crippen LogP contribution in [0.3, 0.4) is 0 Å². The minimum Gasteiger partial charge on any atom is -0.463 e. The Labute approximate surface area is 178 Å². The molecule has 2 amide bonds. The molecule has 0 radical (unpaired) electrons. The Morgan fingerprint density at radius 3 is 2.43 bits per heavy atom. The number of nitrogens with zero attached hydrogens (tertiary/aromatic N) is 1. The monoisotopic (exact) mass is 414 g/mol. The number of benzene rings is 1. The molecule has 2 heterocycles. The van der Waals surface area contributed by atoms with Gasteiger partial charge in [-0.3, -0.25) is 9.59 Å². The number of carbonyl (C=O) groups is 2. The van der Waals surface area contributed by atoms with Crippen LogP contribution in [0, 0.1) is 0 Å². The highest BCUT2D eigenvalue weighted by molar-refractivity contribution is 5.78. The Bertz CT molecular complexity index is 807. The van der Waals surface area contributed by atoms with Gasteiger partial charge in [0.2, 0.25) is 0 Å². The highest BCUT2D eigenvalue weighted by Crippen LogP contribution is 2.18. The van der Waals surface area contributed by atoms with E-state index in [1.54, 1.807) is 6.26 Å². The van der Waals surface area contributed by atoms with Crippen molar-refractivity contribution in [3.05, 3.63) is 60.1 Å². The summed E-state index contributed by atoms with van der Waals surface area (Å²) in [6.07, 6.45) is 1.67. The van der Waals surface area contributed by atoms with Crippen LogP contribution in [0.15, 0.2) is 53.1 Å². The van der Waals surface area contributed by atoms with Gasteiger partial charge in [0.15, 0.2) is 24.9 Å². The van der Waals surface area contributed by atoms with Crippen molar-refractivity contribution in [2.75, 3.05) is 39.3 Å². The Balaban J connectivity index is 1.49. The first-order valence-electron chi connectivity index (χ1n) is 10.7.